The van der Waals surface area contributed by atoms with Gasteiger partial charge in [-0.1, -0.05) is 0 Å². The van der Waals surface area contributed by atoms with E-state index in [1.807, 2.05) is 0 Å². The van der Waals surface area contributed by atoms with Crippen molar-refractivity contribution in [3.63, 3.8) is 0 Å². The second-order valence-electron chi connectivity index (χ2n) is 4.35. The summed E-state index contributed by atoms with van der Waals surface area (Å²) in [5.41, 5.74) is 1.43. The number of ether oxygens (including phenoxy) is 1. The molecule has 0 aliphatic rings. The van der Waals surface area contributed by atoms with E-state index in [1.54, 1.807) is 0 Å². The zero-order valence-corrected chi connectivity index (χ0v) is 11.1. The molecule has 0 fully saturated rings. The molecule has 0 atom stereocenters. The molecule has 0 saturated carbocycles. The molecule has 0 radical (unpaired) electrons. The van der Waals surface area contributed by atoms with Crippen molar-refractivity contribution in [3.05, 3.63) is 48.0 Å². The van der Waals surface area contributed by atoms with Crippen LogP contribution in [0.1, 0.15) is 5.69 Å². The topological polar surface area (TPSA) is 60.2 Å². The fourth-order valence-corrected chi connectivity index (χ4v) is 1.83. The number of fused-ring (bicyclic) bond motifs is 1. The van der Waals surface area contributed by atoms with Gasteiger partial charge in [0.25, 0.3) is 6.01 Å². The quantitative estimate of drug-likeness (QED) is 0.780. The fourth-order valence-electron chi connectivity index (χ4n) is 1.83. The Hall–Kier alpha value is -2.77. The van der Waals surface area contributed by atoms with Crippen LogP contribution >= 0.6 is 0 Å². The molecule has 8 heteroatoms. The smallest absolute Gasteiger partial charge is 0.387 e. The summed E-state index contributed by atoms with van der Waals surface area (Å²) in [6, 6.07) is 7.16. The van der Waals surface area contributed by atoms with Crippen LogP contribution in [0, 0.1) is 5.82 Å². The summed E-state index contributed by atoms with van der Waals surface area (Å²) in [7, 11) is 0. The molecule has 0 saturated heterocycles. The first-order valence-corrected chi connectivity index (χ1v) is 6.30. The van der Waals surface area contributed by atoms with E-state index in [1.165, 1.54) is 36.5 Å². The van der Waals surface area contributed by atoms with Gasteiger partial charge in [0.2, 0.25) is 0 Å². The third-order valence-electron chi connectivity index (χ3n) is 2.79. The van der Waals surface area contributed by atoms with Crippen LogP contribution in [-0.2, 0) is 6.54 Å². The van der Waals surface area contributed by atoms with Gasteiger partial charge in [-0.2, -0.15) is 13.8 Å². The van der Waals surface area contributed by atoms with Gasteiger partial charge in [0.15, 0.2) is 5.58 Å². The highest BCUT2D eigenvalue weighted by Crippen LogP contribution is 2.20. The minimum absolute atomic E-state index is 0.0175. The first kappa shape index (κ1) is 14.2. The van der Waals surface area contributed by atoms with E-state index in [-0.39, 0.29) is 18.3 Å². The number of rotatable bonds is 5. The van der Waals surface area contributed by atoms with Crippen LogP contribution in [-0.4, -0.2) is 16.6 Å². The van der Waals surface area contributed by atoms with Crippen molar-refractivity contribution < 1.29 is 22.3 Å². The molecule has 2 heterocycles. The fraction of sp³-hybridized carbons (Fsp3) is 0.143. The third kappa shape index (κ3) is 3.27. The van der Waals surface area contributed by atoms with Gasteiger partial charge in [-0.25, -0.2) is 4.39 Å². The van der Waals surface area contributed by atoms with E-state index in [0.717, 1.165) is 0 Å². The van der Waals surface area contributed by atoms with Crippen molar-refractivity contribution >= 4 is 17.1 Å². The predicted octanol–water partition coefficient (Wildman–Crippen LogP) is 3.58. The largest absolute Gasteiger partial charge is 0.433 e. The number of anilines is 1. The van der Waals surface area contributed by atoms with Crippen LogP contribution in [0.5, 0.6) is 5.75 Å². The first-order chi connectivity index (χ1) is 10.6. The predicted molar refractivity (Wildman–Crippen MR) is 72.2 cm³/mol. The lowest BCUT2D eigenvalue weighted by atomic mass is 10.3. The standard InChI is InChI=1S/C14H10F3N3O2/c15-8-1-4-12-11(5-8)20-14(22-12)19-6-9-2-3-10(7-18-9)21-13(16)17/h1-5,7,13H,6H2,(H,19,20). The molecular weight excluding hydrogens is 299 g/mol. The summed E-state index contributed by atoms with van der Waals surface area (Å²) in [5, 5.41) is 2.88. The maximum atomic E-state index is 13.0. The highest BCUT2D eigenvalue weighted by molar-refractivity contribution is 5.74. The van der Waals surface area contributed by atoms with Crippen LogP contribution in [0.4, 0.5) is 19.2 Å². The molecule has 0 unspecified atom stereocenters. The second-order valence-corrected chi connectivity index (χ2v) is 4.35. The number of aromatic nitrogens is 2. The van der Waals surface area contributed by atoms with Crippen molar-refractivity contribution in [1.82, 2.24) is 9.97 Å². The van der Waals surface area contributed by atoms with E-state index in [0.29, 0.717) is 16.8 Å². The molecule has 0 amide bonds. The van der Waals surface area contributed by atoms with Crippen LogP contribution in [0.3, 0.4) is 0 Å². The SMILES string of the molecule is Fc1ccc2oc(NCc3ccc(OC(F)F)cn3)nc2c1. The van der Waals surface area contributed by atoms with Crippen LogP contribution in [0.2, 0.25) is 0 Å². The molecule has 1 N–H and O–H groups in total. The van der Waals surface area contributed by atoms with Crippen molar-refractivity contribution in [2.75, 3.05) is 5.32 Å². The molecule has 114 valence electrons. The lowest BCUT2D eigenvalue weighted by Crippen LogP contribution is -2.04. The van der Waals surface area contributed by atoms with E-state index in [2.05, 4.69) is 20.0 Å². The molecular formula is C14H10F3N3O2. The second kappa shape index (κ2) is 5.92. The number of benzene rings is 1. The molecule has 3 aromatic rings. The number of hydrogen-bond acceptors (Lipinski definition) is 5. The molecule has 0 aliphatic carbocycles. The Morgan fingerprint density at radius 1 is 1.23 bits per heavy atom. The van der Waals surface area contributed by atoms with E-state index < -0.39 is 12.4 Å². The van der Waals surface area contributed by atoms with Crippen LogP contribution < -0.4 is 10.1 Å². The van der Waals surface area contributed by atoms with Gasteiger partial charge in [-0.3, -0.25) is 4.98 Å². The normalized spacial score (nSPS) is 11.1. The van der Waals surface area contributed by atoms with E-state index in [9.17, 15) is 13.2 Å². The Morgan fingerprint density at radius 3 is 2.82 bits per heavy atom. The van der Waals surface area contributed by atoms with Gasteiger partial charge in [0, 0.05) is 6.07 Å². The molecule has 3 rings (SSSR count). The number of nitrogens with one attached hydrogen (secondary N) is 1. The Morgan fingerprint density at radius 2 is 2.09 bits per heavy atom. The molecule has 0 spiro atoms. The molecule has 0 aliphatic heterocycles. The lowest BCUT2D eigenvalue weighted by Gasteiger charge is -2.05. The van der Waals surface area contributed by atoms with Crippen molar-refractivity contribution in [1.29, 1.82) is 0 Å². The van der Waals surface area contributed by atoms with E-state index >= 15 is 0 Å². The summed E-state index contributed by atoms with van der Waals surface area (Å²) in [4.78, 5) is 8.04. The summed E-state index contributed by atoms with van der Waals surface area (Å²) in [6.07, 6.45) is 1.20. The summed E-state index contributed by atoms with van der Waals surface area (Å²) >= 11 is 0. The van der Waals surface area contributed by atoms with Crippen molar-refractivity contribution in [2.24, 2.45) is 0 Å². The number of nitrogens with zero attached hydrogens (tertiary/aromatic N) is 2. The van der Waals surface area contributed by atoms with Crippen LogP contribution in [0.15, 0.2) is 40.9 Å². The molecule has 22 heavy (non-hydrogen) atoms. The Bertz CT molecular complexity index is 775. The zero-order valence-electron chi connectivity index (χ0n) is 11.1. The first-order valence-electron chi connectivity index (χ1n) is 6.30. The highest BCUT2D eigenvalue weighted by atomic mass is 19.3. The monoisotopic (exact) mass is 309 g/mol. The minimum Gasteiger partial charge on any atom is -0.433 e. The lowest BCUT2D eigenvalue weighted by molar-refractivity contribution is -0.0500. The summed E-state index contributed by atoms with van der Waals surface area (Å²) < 4.78 is 46.6. The average molecular weight is 309 g/mol. The van der Waals surface area contributed by atoms with Gasteiger partial charge < -0.3 is 14.5 Å². The van der Waals surface area contributed by atoms with Gasteiger partial charge in [0.1, 0.15) is 17.1 Å². The average Bonchev–Trinajstić information content (AvgIpc) is 2.88. The zero-order chi connectivity index (χ0) is 15.5. The minimum atomic E-state index is -2.88. The highest BCUT2D eigenvalue weighted by Gasteiger charge is 2.07. The third-order valence-corrected chi connectivity index (χ3v) is 2.79. The maximum absolute atomic E-state index is 13.0. The number of hydrogen-bond donors (Lipinski definition) is 1. The van der Waals surface area contributed by atoms with Crippen LogP contribution in [0.25, 0.3) is 11.1 Å². The molecule has 2 aromatic heterocycles. The van der Waals surface area contributed by atoms with Crippen molar-refractivity contribution in [2.45, 2.75) is 13.2 Å². The Balaban J connectivity index is 1.65. The Labute approximate surface area is 122 Å². The Kier molecular flexibility index (Phi) is 3.82. The summed E-state index contributed by atoms with van der Waals surface area (Å²) in [6.45, 7) is -2.62. The molecule has 1 aromatic carbocycles. The number of halogens is 3. The van der Waals surface area contributed by atoms with Gasteiger partial charge in [0.05, 0.1) is 18.4 Å². The van der Waals surface area contributed by atoms with Gasteiger partial charge in [-0.05, 0) is 24.3 Å². The van der Waals surface area contributed by atoms with Gasteiger partial charge in [-0.15, -0.1) is 0 Å². The van der Waals surface area contributed by atoms with Crippen molar-refractivity contribution in [3.8, 4) is 5.75 Å². The maximum Gasteiger partial charge on any atom is 0.387 e. The number of oxazole rings is 1. The number of alkyl halides is 2. The molecule has 5 nitrogen and oxygen atoms in total. The molecule has 0 bridgehead atoms. The summed E-state index contributed by atoms with van der Waals surface area (Å²) in [5.74, 6) is -0.417. The number of pyridine rings is 1. The van der Waals surface area contributed by atoms with Gasteiger partial charge >= 0.3 is 6.61 Å². The van der Waals surface area contributed by atoms with E-state index in [4.69, 9.17) is 4.42 Å².